The number of anilines is 1. The average molecular weight is 393 g/mol. The van der Waals surface area contributed by atoms with Gasteiger partial charge in [0.05, 0.1) is 23.5 Å². The third kappa shape index (κ3) is 3.13. The van der Waals surface area contributed by atoms with Gasteiger partial charge in [0.2, 0.25) is 0 Å². The summed E-state index contributed by atoms with van der Waals surface area (Å²) in [6.45, 7) is 5.58. The number of piperazine rings is 1. The van der Waals surface area contributed by atoms with Crippen LogP contribution in [0.2, 0.25) is 0 Å². The fourth-order valence-corrected chi connectivity index (χ4v) is 3.47. The summed E-state index contributed by atoms with van der Waals surface area (Å²) in [5, 5.41) is 4.23. The second-order valence-electron chi connectivity index (χ2n) is 5.61. The van der Waals surface area contributed by atoms with Gasteiger partial charge in [-0.05, 0) is 35.0 Å². The van der Waals surface area contributed by atoms with Crippen LogP contribution in [0.25, 0.3) is 0 Å². The number of rotatable bonds is 4. The van der Waals surface area contributed by atoms with Crippen molar-refractivity contribution in [3.8, 4) is 5.75 Å². The fourth-order valence-electron chi connectivity index (χ4n) is 3.01. The molecule has 0 saturated carbocycles. The van der Waals surface area contributed by atoms with E-state index in [9.17, 15) is 4.79 Å². The molecule has 0 unspecified atom stereocenters. The van der Waals surface area contributed by atoms with Crippen LogP contribution in [0.4, 0.5) is 5.69 Å². The molecule has 3 rings (SSSR count). The molecule has 1 aromatic carbocycles. The maximum atomic E-state index is 12.8. The van der Waals surface area contributed by atoms with Crippen LogP contribution in [0.1, 0.15) is 17.4 Å². The number of hydrogen-bond acceptors (Lipinski definition) is 4. The Hall–Kier alpha value is -2.02. The van der Waals surface area contributed by atoms with Gasteiger partial charge in [-0.25, -0.2) is 0 Å². The number of carbonyl (C=O) groups is 1. The number of aryl methyl sites for hydroxylation is 1. The number of benzene rings is 1. The van der Waals surface area contributed by atoms with Gasteiger partial charge in [0.1, 0.15) is 11.4 Å². The highest BCUT2D eigenvalue weighted by atomic mass is 79.9. The highest BCUT2D eigenvalue weighted by Crippen LogP contribution is 2.28. The summed E-state index contributed by atoms with van der Waals surface area (Å²) in [7, 11) is 1.68. The zero-order chi connectivity index (χ0) is 17.1. The highest BCUT2D eigenvalue weighted by Gasteiger charge is 2.27. The number of carbonyl (C=O) groups excluding carboxylic acids is 1. The maximum Gasteiger partial charge on any atom is 0.273 e. The van der Waals surface area contributed by atoms with E-state index in [0.29, 0.717) is 25.3 Å². The van der Waals surface area contributed by atoms with E-state index in [1.807, 2.05) is 30.0 Å². The Morgan fingerprint density at radius 3 is 2.62 bits per heavy atom. The molecule has 1 aliphatic rings. The summed E-state index contributed by atoms with van der Waals surface area (Å²) >= 11 is 3.43. The molecule has 7 heteroatoms. The predicted octanol–water partition coefficient (Wildman–Crippen LogP) is 2.64. The molecular weight excluding hydrogens is 372 g/mol. The largest absolute Gasteiger partial charge is 0.495 e. The minimum absolute atomic E-state index is 0.0286. The van der Waals surface area contributed by atoms with E-state index >= 15 is 0 Å². The SMILES string of the molecule is CCn1ncc(Br)c1C(=O)N1CCN(c2ccccc2OC)CC1. The summed E-state index contributed by atoms with van der Waals surface area (Å²) in [6.07, 6.45) is 1.68. The normalized spacial score (nSPS) is 14.8. The first kappa shape index (κ1) is 16.8. The summed E-state index contributed by atoms with van der Waals surface area (Å²) < 4.78 is 7.92. The van der Waals surface area contributed by atoms with Crippen LogP contribution in [0, 0.1) is 0 Å². The lowest BCUT2D eigenvalue weighted by molar-refractivity contribution is 0.0733. The minimum atomic E-state index is 0.0286. The zero-order valence-electron chi connectivity index (χ0n) is 13.9. The molecule has 1 saturated heterocycles. The van der Waals surface area contributed by atoms with Crippen LogP contribution in [-0.2, 0) is 6.54 Å². The third-order valence-electron chi connectivity index (χ3n) is 4.29. The predicted molar refractivity (Wildman–Crippen MR) is 96.7 cm³/mol. The van der Waals surface area contributed by atoms with E-state index < -0.39 is 0 Å². The molecule has 6 nitrogen and oxygen atoms in total. The molecule has 2 heterocycles. The number of para-hydroxylation sites is 2. The van der Waals surface area contributed by atoms with Crippen molar-refractivity contribution in [3.63, 3.8) is 0 Å². The Morgan fingerprint density at radius 2 is 1.96 bits per heavy atom. The van der Waals surface area contributed by atoms with Crippen molar-refractivity contribution in [1.29, 1.82) is 0 Å². The Bertz CT molecular complexity index is 723. The molecule has 0 N–H and O–H groups in total. The van der Waals surface area contributed by atoms with E-state index in [1.54, 1.807) is 18.0 Å². The topological polar surface area (TPSA) is 50.6 Å². The number of nitrogens with zero attached hydrogens (tertiary/aromatic N) is 4. The van der Waals surface area contributed by atoms with Crippen LogP contribution in [0.15, 0.2) is 34.9 Å². The molecule has 0 radical (unpaired) electrons. The van der Waals surface area contributed by atoms with Crippen LogP contribution in [-0.4, -0.2) is 53.9 Å². The minimum Gasteiger partial charge on any atom is -0.495 e. The molecule has 0 spiro atoms. The first-order chi connectivity index (χ1) is 11.7. The molecule has 24 heavy (non-hydrogen) atoms. The van der Waals surface area contributed by atoms with Gasteiger partial charge in [-0.15, -0.1) is 0 Å². The molecule has 1 aromatic heterocycles. The van der Waals surface area contributed by atoms with Crippen molar-refractivity contribution < 1.29 is 9.53 Å². The second kappa shape index (κ2) is 7.25. The van der Waals surface area contributed by atoms with Crippen LogP contribution >= 0.6 is 15.9 Å². The third-order valence-corrected chi connectivity index (χ3v) is 4.87. The van der Waals surface area contributed by atoms with Gasteiger partial charge in [-0.2, -0.15) is 5.10 Å². The first-order valence-electron chi connectivity index (χ1n) is 8.04. The van der Waals surface area contributed by atoms with Crippen molar-refractivity contribution >= 4 is 27.5 Å². The molecule has 1 amide bonds. The van der Waals surface area contributed by atoms with E-state index in [1.165, 1.54) is 0 Å². The van der Waals surface area contributed by atoms with Gasteiger partial charge in [0.15, 0.2) is 0 Å². The zero-order valence-corrected chi connectivity index (χ0v) is 15.5. The molecule has 0 aliphatic carbocycles. The number of amides is 1. The first-order valence-corrected chi connectivity index (χ1v) is 8.83. The lowest BCUT2D eigenvalue weighted by atomic mass is 10.2. The van der Waals surface area contributed by atoms with Crippen molar-refractivity contribution in [2.24, 2.45) is 0 Å². The summed E-state index contributed by atoms with van der Waals surface area (Å²) in [4.78, 5) is 17.0. The Balaban J connectivity index is 1.71. The molecule has 128 valence electrons. The quantitative estimate of drug-likeness (QED) is 0.802. The van der Waals surface area contributed by atoms with Crippen LogP contribution in [0.5, 0.6) is 5.75 Å². The number of methoxy groups -OCH3 is 1. The van der Waals surface area contributed by atoms with Gasteiger partial charge in [0, 0.05) is 32.7 Å². The summed E-state index contributed by atoms with van der Waals surface area (Å²) in [6, 6.07) is 7.99. The Kier molecular flexibility index (Phi) is 5.08. The summed E-state index contributed by atoms with van der Waals surface area (Å²) in [5.74, 6) is 0.894. The molecule has 0 bridgehead atoms. The Labute approximate surface area is 150 Å². The monoisotopic (exact) mass is 392 g/mol. The molecule has 1 aliphatic heterocycles. The number of aromatic nitrogens is 2. The average Bonchev–Trinajstić information content (AvgIpc) is 3.02. The van der Waals surface area contributed by atoms with Gasteiger partial charge >= 0.3 is 0 Å². The van der Waals surface area contributed by atoms with Crippen LogP contribution < -0.4 is 9.64 Å². The second-order valence-corrected chi connectivity index (χ2v) is 6.46. The molecule has 2 aromatic rings. The maximum absolute atomic E-state index is 12.8. The van der Waals surface area contributed by atoms with Gasteiger partial charge in [-0.3, -0.25) is 9.48 Å². The molecule has 0 atom stereocenters. The lowest BCUT2D eigenvalue weighted by Crippen LogP contribution is -2.49. The number of ether oxygens (including phenoxy) is 1. The number of halogens is 1. The van der Waals surface area contributed by atoms with E-state index in [4.69, 9.17) is 4.74 Å². The smallest absolute Gasteiger partial charge is 0.273 e. The number of hydrogen-bond donors (Lipinski definition) is 0. The van der Waals surface area contributed by atoms with Crippen molar-refractivity contribution in [1.82, 2.24) is 14.7 Å². The highest BCUT2D eigenvalue weighted by molar-refractivity contribution is 9.10. The van der Waals surface area contributed by atoms with Crippen molar-refractivity contribution in [3.05, 3.63) is 40.6 Å². The van der Waals surface area contributed by atoms with Gasteiger partial charge in [0.25, 0.3) is 5.91 Å². The molecular formula is C17H21BrN4O2. The standard InChI is InChI=1S/C17H21BrN4O2/c1-3-22-16(13(18)12-19-22)17(23)21-10-8-20(9-11-21)14-6-4-5-7-15(14)24-2/h4-7,12H,3,8-11H2,1-2H3. The van der Waals surface area contributed by atoms with Crippen LogP contribution in [0.3, 0.4) is 0 Å². The van der Waals surface area contributed by atoms with Gasteiger partial charge in [-0.1, -0.05) is 12.1 Å². The van der Waals surface area contributed by atoms with E-state index in [0.717, 1.165) is 29.0 Å². The van der Waals surface area contributed by atoms with Gasteiger partial charge < -0.3 is 14.5 Å². The molecule has 1 fully saturated rings. The fraction of sp³-hybridized carbons (Fsp3) is 0.412. The summed E-state index contributed by atoms with van der Waals surface area (Å²) in [5.41, 5.74) is 1.70. The van der Waals surface area contributed by atoms with E-state index in [-0.39, 0.29) is 5.91 Å². The van der Waals surface area contributed by atoms with Crippen molar-refractivity contribution in [2.75, 3.05) is 38.2 Å². The van der Waals surface area contributed by atoms with Crippen molar-refractivity contribution in [2.45, 2.75) is 13.5 Å². The van der Waals surface area contributed by atoms with E-state index in [2.05, 4.69) is 32.0 Å². The lowest BCUT2D eigenvalue weighted by Gasteiger charge is -2.36. The Morgan fingerprint density at radius 1 is 1.25 bits per heavy atom.